The van der Waals surface area contributed by atoms with Gasteiger partial charge in [-0.15, -0.1) is 0 Å². The molecule has 0 aromatic heterocycles. The van der Waals surface area contributed by atoms with Crippen molar-refractivity contribution in [1.29, 1.82) is 0 Å². The summed E-state index contributed by atoms with van der Waals surface area (Å²) in [6, 6.07) is -0.627. The van der Waals surface area contributed by atoms with Gasteiger partial charge in [0.05, 0.1) is 25.4 Å². The van der Waals surface area contributed by atoms with Crippen molar-refractivity contribution in [2.45, 2.75) is 398 Å². The minimum atomic E-state index is -0.844. The van der Waals surface area contributed by atoms with E-state index >= 15 is 0 Å². The lowest BCUT2D eigenvalue weighted by molar-refractivity contribution is -0.143. The maximum absolute atomic E-state index is 12.5. The van der Waals surface area contributed by atoms with Gasteiger partial charge >= 0.3 is 5.97 Å². The Hall–Kier alpha value is -1.40. The highest BCUT2D eigenvalue weighted by molar-refractivity contribution is 5.76. The third-order valence-corrected chi connectivity index (χ3v) is 16.1. The number of ether oxygens (including phenoxy) is 1. The Labute approximate surface area is 463 Å². The van der Waals surface area contributed by atoms with Crippen molar-refractivity contribution >= 4 is 11.9 Å². The molecule has 0 radical (unpaired) electrons. The number of hydrogen-bond donors (Lipinski definition) is 3. The van der Waals surface area contributed by atoms with E-state index in [0.717, 1.165) is 38.5 Å². The molecule has 6 nitrogen and oxygen atoms in total. The summed E-state index contributed by atoms with van der Waals surface area (Å²) in [5.41, 5.74) is 0. The lowest BCUT2D eigenvalue weighted by Crippen LogP contribution is -2.45. The van der Waals surface area contributed by atoms with E-state index in [1.54, 1.807) is 6.08 Å². The Morgan fingerprint density at radius 2 is 0.622 bits per heavy atom. The van der Waals surface area contributed by atoms with Crippen molar-refractivity contribution in [1.82, 2.24) is 5.32 Å². The zero-order valence-electron chi connectivity index (χ0n) is 50.4. The first-order chi connectivity index (χ1) is 36.5. The summed E-state index contributed by atoms with van der Waals surface area (Å²) in [7, 11) is 0. The largest absolute Gasteiger partial charge is 0.466 e. The highest BCUT2D eigenvalue weighted by Gasteiger charge is 2.18. The van der Waals surface area contributed by atoms with E-state index in [9.17, 15) is 19.8 Å². The molecule has 0 bridgehead atoms. The second-order valence-electron chi connectivity index (χ2n) is 23.5. The number of aliphatic hydroxyl groups is 2. The molecule has 1 amide bonds. The molecule has 0 aliphatic carbocycles. The number of allylic oxidation sites excluding steroid dienone is 1. The molecule has 0 fully saturated rings. The number of carbonyl (C=O) groups excluding carboxylic acids is 2. The summed E-state index contributed by atoms with van der Waals surface area (Å²) in [4.78, 5) is 24.6. The summed E-state index contributed by atoms with van der Waals surface area (Å²) in [6.07, 6.45) is 78.4. The quantitative estimate of drug-likeness (QED) is 0.0320. The highest BCUT2D eigenvalue weighted by atomic mass is 16.5. The fraction of sp³-hybridized carbons (Fsp3) is 0.941. The van der Waals surface area contributed by atoms with Crippen molar-refractivity contribution in [2.75, 3.05) is 13.2 Å². The van der Waals surface area contributed by atoms with Gasteiger partial charge in [0.2, 0.25) is 5.91 Å². The van der Waals surface area contributed by atoms with Crippen LogP contribution < -0.4 is 5.32 Å². The van der Waals surface area contributed by atoms with E-state index in [1.165, 1.54) is 321 Å². The summed E-state index contributed by atoms with van der Waals surface area (Å²) in [5.74, 6) is -0.0452. The fourth-order valence-electron chi connectivity index (χ4n) is 10.9. The molecular weight excluding hydrogens is 911 g/mol. The van der Waals surface area contributed by atoms with Crippen LogP contribution in [0.2, 0.25) is 0 Å². The van der Waals surface area contributed by atoms with Crippen LogP contribution in [0.4, 0.5) is 0 Å². The molecule has 0 saturated heterocycles. The van der Waals surface area contributed by atoms with Crippen molar-refractivity contribution in [3.05, 3.63) is 12.2 Å². The summed E-state index contributed by atoms with van der Waals surface area (Å²) in [5, 5.41) is 23.2. The fourth-order valence-corrected chi connectivity index (χ4v) is 10.9. The zero-order chi connectivity index (χ0) is 53.6. The van der Waals surface area contributed by atoms with E-state index < -0.39 is 12.1 Å². The second-order valence-corrected chi connectivity index (χ2v) is 23.5. The molecule has 0 rings (SSSR count). The number of rotatable bonds is 64. The molecule has 0 heterocycles. The monoisotopic (exact) mass is 1040 g/mol. The lowest BCUT2D eigenvalue weighted by atomic mass is 10.0. The van der Waals surface area contributed by atoms with E-state index in [2.05, 4.69) is 19.2 Å². The van der Waals surface area contributed by atoms with Crippen LogP contribution in [0.1, 0.15) is 386 Å². The number of aliphatic hydroxyl groups excluding tert-OH is 2. The zero-order valence-corrected chi connectivity index (χ0v) is 50.4. The average Bonchev–Trinajstić information content (AvgIpc) is 3.40. The number of amides is 1. The Balaban J connectivity index is 3.37. The van der Waals surface area contributed by atoms with E-state index in [0.29, 0.717) is 19.4 Å². The number of unbranched alkanes of at least 4 members (excludes halogenated alkanes) is 53. The maximum Gasteiger partial charge on any atom is 0.305 e. The summed E-state index contributed by atoms with van der Waals surface area (Å²) < 4.78 is 5.50. The number of carbonyl (C=O) groups is 2. The molecule has 2 unspecified atom stereocenters. The van der Waals surface area contributed by atoms with Gasteiger partial charge in [-0.2, -0.15) is 0 Å². The Kier molecular flexibility index (Phi) is 62.9. The van der Waals surface area contributed by atoms with Gasteiger partial charge in [0, 0.05) is 12.8 Å². The van der Waals surface area contributed by atoms with Crippen LogP contribution in [0.25, 0.3) is 0 Å². The molecule has 2 atom stereocenters. The normalized spacial score (nSPS) is 12.5. The Morgan fingerprint density at radius 1 is 0.365 bits per heavy atom. The van der Waals surface area contributed by atoms with Crippen LogP contribution in [0.3, 0.4) is 0 Å². The summed E-state index contributed by atoms with van der Waals surface area (Å²) >= 11 is 0. The van der Waals surface area contributed by atoms with Gasteiger partial charge in [0.25, 0.3) is 0 Å². The van der Waals surface area contributed by atoms with Crippen LogP contribution in [-0.2, 0) is 14.3 Å². The molecular formula is C68H133NO5. The predicted octanol–water partition coefficient (Wildman–Crippen LogP) is 21.6. The van der Waals surface area contributed by atoms with Gasteiger partial charge < -0.3 is 20.3 Å². The van der Waals surface area contributed by atoms with Crippen LogP contribution >= 0.6 is 0 Å². The molecule has 74 heavy (non-hydrogen) atoms. The van der Waals surface area contributed by atoms with Crippen LogP contribution in [0, 0.1) is 0 Å². The molecule has 0 aliphatic heterocycles. The Morgan fingerprint density at radius 3 is 0.919 bits per heavy atom. The van der Waals surface area contributed by atoms with Crippen molar-refractivity contribution in [3.8, 4) is 0 Å². The van der Waals surface area contributed by atoms with Gasteiger partial charge in [0.1, 0.15) is 0 Å². The first-order valence-corrected chi connectivity index (χ1v) is 34.0. The van der Waals surface area contributed by atoms with Crippen molar-refractivity contribution in [3.63, 3.8) is 0 Å². The Bertz CT molecular complexity index is 1110. The predicted molar refractivity (Wildman–Crippen MR) is 324 cm³/mol. The molecule has 0 spiro atoms. The van der Waals surface area contributed by atoms with Gasteiger partial charge in [-0.05, 0) is 32.1 Å². The highest BCUT2D eigenvalue weighted by Crippen LogP contribution is 2.19. The van der Waals surface area contributed by atoms with Gasteiger partial charge in [-0.1, -0.05) is 353 Å². The average molecular weight is 1040 g/mol. The summed E-state index contributed by atoms with van der Waals surface area (Å²) in [6.45, 7) is 4.95. The number of hydrogen-bond acceptors (Lipinski definition) is 5. The first kappa shape index (κ1) is 72.6. The number of esters is 1. The van der Waals surface area contributed by atoms with Gasteiger partial charge in [-0.3, -0.25) is 9.59 Å². The van der Waals surface area contributed by atoms with Gasteiger partial charge in [0.15, 0.2) is 0 Å². The van der Waals surface area contributed by atoms with Crippen molar-refractivity contribution in [2.24, 2.45) is 0 Å². The van der Waals surface area contributed by atoms with E-state index in [4.69, 9.17) is 4.74 Å². The van der Waals surface area contributed by atoms with E-state index in [-0.39, 0.29) is 18.5 Å². The molecule has 6 heteroatoms. The molecule has 0 aliphatic rings. The van der Waals surface area contributed by atoms with E-state index in [1.807, 2.05) is 6.08 Å². The maximum atomic E-state index is 12.5. The van der Waals surface area contributed by atoms with Crippen LogP contribution in [0.5, 0.6) is 0 Å². The second kappa shape index (κ2) is 64.1. The van der Waals surface area contributed by atoms with Crippen LogP contribution in [-0.4, -0.2) is 47.4 Å². The molecule has 0 aromatic carbocycles. The smallest absolute Gasteiger partial charge is 0.305 e. The standard InChI is InChI=1S/C68H133NO5/c1-3-5-7-9-11-13-15-17-19-28-32-36-40-44-48-52-56-60-66(71)65(64-70)69-67(72)61-57-53-49-45-41-37-33-30-26-24-22-21-23-25-27-31-35-39-43-47-51-55-59-63-74-68(73)62-58-54-50-46-42-38-34-29-20-18-16-14-12-10-8-6-4-2/h56,60,65-66,70-71H,3-55,57-59,61-64H2,1-2H3,(H,69,72)/b60-56+. The van der Waals surface area contributed by atoms with Gasteiger partial charge in [-0.25, -0.2) is 0 Å². The molecule has 0 aromatic rings. The third kappa shape index (κ3) is 59.8. The minimum Gasteiger partial charge on any atom is -0.466 e. The molecule has 440 valence electrons. The molecule has 0 saturated carbocycles. The third-order valence-electron chi connectivity index (χ3n) is 16.1. The number of nitrogens with one attached hydrogen (secondary N) is 1. The molecule has 3 N–H and O–H groups in total. The SMILES string of the molecule is CCCCCCCCCCCCCCCCC/C=C/C(O)C(CO)NC(=O)CCCCCCCCCCCCCCCCCCCCCCCCCOC(=O)CCCCCCCCCCCCCCCCCCC. The topological polar surface area (TPSA) is 95.9 Å². The first-order valence-electron chi connectivity index (χ1n) is 34.0. The minimum absolute atomic E-state index is 0.0188. The van der Waals surface area contributed by atoms with Crippen molar-refractivity contribution < 1.29 is 24.5 Å². The lowest BCUT2D eigenvalue weighted by Gasteiger charge is -2.20. The van der Waals surface area contributed by atoms with Crippen LogP contribution in [0.15, 0.2) is 12.2 Å².